The second kappa shape index (κ2) is 13.5. The maximum atomic E-state index is 13.0. The van der Waals surface area contributed by atoms with Gasteiger partial charge in [-0.1, -0.05) is 37.3 Å². The first-order valence-electron chi connectivity index (χ1n) is 13.8. The maximum absolute atomic E-state index is 13.0. The molecule has 4 aromatic carbocycles. The van der Waals surface area contributed by atoms with Gasteiger partial charge in [-0.25, -0.2) is 0 Å². The molecule has 8 nitrogen and oxygen atoms in total. The van der Waals surface area contributed by atoms with Crippen LogP contribution in [0.4, 0.5) is 11.5 Å². The fourth-order valence-corrected chi connectivity index (χ4v) is 4.47. The molecular formula is C33H35N5O3. The molecule has 1 aromatic heterocycles. The van der Waals surface area contributed by atoms with E-state index in [2.05, 4.69) is 39.7 Å². The van der Waals surface area contributed by atoms with Crippen molar-refractivity contribution in [1.82, 2.24) is 15.1 Å². The molecule has 8 heteroatoms. The molecule has 0 aliphatic carbocycles. The first-order chi connectivity index (χ1) is 20.1. The van der Waals surface area contributed by atoms with Crippen molar-refractivity contribution in [3.8, 4) is 17.2 Å². The number of hydrogen-bond acceptors (Lipinski definition) is 6. The van der Waals surface area contributed by atoms with Gasteiger partial charge >= 0.3 is 0 Å². The lowest BCUT2D eigenvalue weighted by Gasteiger charge is -2.16. The number of carbonyl (C=O) groups is 1. The first-order valence-corrected chi connectivity index (χ1v) is 13.8. The quantitative estimate of drug-likeness (QED) is 0.147. The molecule has 0 saturated carbocycles. The molecule has 5 rings (SSSR count). The number of likely N-dealkylation sites (N-methyl/N-ethyl adjacent to an activating group) is 1. The Morgan fingerprint density at radius 2 is 1.68 bits per heavy atom. The summed E-state index contributed by atoms with van der Waals surface area (Å²) in [7, 11) is 2.12. The van der Waals surface area contributed by atoms with Gasteiger partial charge in [-0.05, 0) is 92.3 Å². The number of benzene rings is 4. The van der Waals surface area contributed by atoms with Gasteiger partial charge in [0.1, 0.15) is 23.9 Å². The van der Waals surface area contributed by atoms with Crippen LogP contribution in [0.2, 0.25) is 0 Å². The van der Waals surface area contributed by atoms with Crippen LogP contribution in [0.15, 0.2) is 97.1 Å². The van der Waals surface area contributed by atoms with Gasteiger partial charge in [0.15, 0.2) is 5.82 Å². The summed E-state index contributed by atoms with van der Waals surface area (Å²) in [4.78, 5) is 15.3. The standard InChI is InChI=1S/C33H35N5O3/c1-3-19-38(2)20-18-34-26-14-12-25(13-15-26)33(39)35-32-30-22-28(16-17-31(30)36-37-32)40-23-24-8-7-11-29(21-24)41-27-9-5-4-6-10-27/h4-17,21-22,34H,3,18-20,23H2,1-2H3,(H2,35,36,37,39). The van der Waals surface area contributed by atoms with Gasteiger partial charge in [0.25, 0.3) is 5.91 Å². The molecule has 0 aliphatic rings. The van der Waals surface area contributed by atoms with Crippen LogP contribution in [-0.2, 0) is 6.61 Å². The summed E-state index contributed by atoms with van der Waals surface area (Å²) in [6.45, 7) is 5.43. The molecule has 0 spiro atoms. The van der Waals surface area contributed by atoms with E-state index in [4.69, 9.17) is 9.47 Å². The Balaban J connectivity index is 1.18. The van der Waals surface area contributed by atoms with Crippen molar-refractivity contribution in [2.75, 3.05) is 37.3 Å². The van der Waals surface area contributed by atoms with E-state index in [0.717, 1.165) is 59.7 Å². The molecule has 0 bridgehead atoms. The van der Waals surface area contributed by atoms with Gasteiger partial charge < -0.3 is 25.0 Å². The Morgan fingerprint density at radius 3 is 2.49 bits per heavy atom. The lowest BCUT2D eigenvalue weighted by atomic mass is 10.2. The van der Waals surface area contributed by atoms with Crippen LogP contribution in [0.5, 0.6) is 17.2 Å². The summed E-state index contributed by atoms with van der Waals surface area (Å²) in [5.41, 5.74) is 3.32. The predicted molar refractivity (Wildman–Crippen MR) is 164 cm³/mol. The summed E-state index contributed by atoms with van der Waals surface area (Å²) in [5.74, 6) is 2.42. The predicted octanol–water partition coefficient (Wildman–Crippen LogP) is 6.94. The highest BCUT2D eigenvalue weighted by atomic mass is 16.5. The van der Waals surface area contributed by atoms with Crippen molar-refractivity contribution in [2.24, 2.45) is 0 Å². The van der Waals surface area contributed by atoms with Crippen molar-refractivity contribution in [2.45, 2.75) is 20.0 Å². The van der Waals surface area contributed by atoms with E-state index >= 15 is 0 Å². The number of aromatic amines is 1. The molecular weight excluding hydrogens is 514 g/mol. The minimum Gasteiger partial charge on any atom is -0.489 e. The molecule has 1 amide bonds. The number of anilines is 2. The molecule has 1 heterocycles. The van der Waals surface area contributed by atoms with E-state index in [1.54, 1.807) is 0 Å². The molecule has 3 N–H and O–H groups in total. The van der Waals surface area contributed by atoms with E-state index in [1.807, 2.05) is 97.1 Å². The van der Waals surface area contributed by atoms with E-state index in [1.165, 1.54) is 0 Å². The zero-order valence-electron chi connectivity index (χ0n) is 23.4. The van der Waals surface area contributed by atoms with Gasteiger partial charge in [0, 0.05) is 29.7 Å². The average molecular weight is 550 g/mol. The van der Waals surface area contributed by atoms with Gasteiger partial charge in [0.2, 0.25) is 0 Å². The zero-order chi connectivity index (χ0) is 28.4. The van der Waals surface area contributed by atoms with Crippen LogP contribution >= 0.6 is 0 Å². The summed E-state index contributed by atoms with van der Waals surface area (Å²) < 4.78 is 12.0. The van der Waals surface area contributed by atoms with Crippen LogP contribution in [0.3, 0.4) is 0 Å². The number of hydrogen-bond donors (Lipinski definition) is 3. The van der Waals surface area contributed by atoms with E-state index in [9.17, 15) is 4.79 Å². The first kappa shape index (κ1) is 27.7. The van der Waals surface area contributed by atoms with Gasteiger partial charge in [0.05, 0.1) is 5.52 Å². The summed E-state index contributed by atoms with van der Waals surface area (Å²) >= 11 is 0. The largest absolute Gasteiger partial charge is 0.489 e. The van der Waals surface area contributed by atoms with Gasteiger partial charge in [-0.3, -0.25) is 9.89 Å². The second-order valence-corrected chi connectivity index (χ2v) is 9.89. The third kappa shape index (κ3) is 7.64. The van der Waals surface area contributed by atoms with Crippen LogP contribution < -0.4 is 20.1 Å². The fourth-order valence-electron chi connectivity index (χ4n) is 4.47. The van der Waals surface area contributed by atoms with Crippen molar-refractivity contribution < 1.29 is 14.3 Å². The monoisotopic (exact) mass is 549 g/mol. The minimum atomic E-state index is -0.228. The van der Waals surface area contributed by atoms with Gasteiger partial charge in [-0.15, -0.1) is 0 Å². The van der Waals surface area contributed by atoms with Crippen molar-refractivity contribution in [1.29, 1.82) is 0 Å². The summed E-state index contributed by atoms with van der Waals surface area (Å²) in [6, 6.07) is 30.6. The lowest BCUT2D eigenvalue weighted by molar-refractivity contribution is 0.102. The fraction of sp³-hybridized carbons (Fsp3) is 0.212. The Kier molecular flexibility index (Phi) is 9.13. The number of fused-ring (bicyclic) bond motifs is 1. The lowest BCUT2D eigenvalue weighted by Crippen LogP contribution is -2.25. The van der Waals surface area contributed by atoms with E-state index in [-0.39, 0.29) is 5.91 Å². The Bertz CT molecular complexity index is 1570. The van der Waals surface area contributed by atoms with Gasteiger partial charge in [-0.2, -0.15) is 5.10 Å². The van der Waals surface area contributed by atoms with Crippen molar-refractivity contribution in [3.05, 3.63) is 108 Å². The zero-order valence-corrected chi connectivity index (χ0v) is 23.4. The molecule has 41 heavy (non-hydrogen) atoms. The molecule has 0 saturated heterocycles. The van der Waals surface area contributed by atoms with Crippen LogP contribution in [0.1, 0.15) is 29.3 Å². The van der Waals surface area contributed by atoms with E-state index < -0.39 is 0 Å². The topological polar surface area (TPSA) is 91.5 Å². The highest BCUT2D eigenvalue weighted by Crippen LogP contribution is 2.27. The Labute approximate surface area is 240 Å². The van der Waals surface area contributed by atoms with Crippen molar-refractivity contribution >= 4 is 28.3 Å². The highest BCUT2D eigenvalue weighted by Gasteiger charge is 2.13. The van der Waals surface area contributed by atoms with Crippen LogP contribution in [0, 0.1) is 0 Å². The number of para-hydroxylation sites is 1. The Morgan fingerprint density at radius 1 is 0.878 bits per heavy atom. The summed E-state index contributed by atoms with van der Waals surface area (Å²) in [5, 5.41) is 14.4. The number of nitrogens with one attached hydrogen (secondary N) is 3. The summed E-state index contributed by atoms with van der Waals surface area (Å²) in [6.07, 6.45) is 1.14. The maximum Gasteiger partial charge on any atom is 0.256 e. The van der Waals surface area contributed by atoms with Crippen molar-refractivity contribution in [3.63, 3.8) is 0 Å². The molecule has 0 unspecified atom stereocenters. The number of amides is 1. The molecule has 5 aromatic rings. The number of H-pyrrole nitrogens is 1. The third-order valence-corrected chi connectivity index (χ3v) is 6.62. The highest BCUT2D eigenvalue weighted by molar-refractivity contribution is 6.08. The number of ether oxygens (including phenoxy) is 2. The Hall–Kier alpha value is -4.82. The normalized spacial score (nSPS) is 11.0. The number of carbonyl (C=O) groups excluding carboxylic acids is 1. The number of nitrogens with zero attached hydrogens (tertiary/aromatic N) is 2. The molecule has 0 atom stereocenters. The van der Waals surface area contributed by atoms with E-state index in [0.29, 0.717) is 23.7 Å². The minimum absolute atomic E-state index is 0.228. The smallest absolute Gasteiger partial charge is 0.256 e. The number of rotatable bonds is 13. The van der Waals surface area contributed by atoms with Crippen LogP contribution in [0.25, 0.3) is 10.9 Å². The third-order valence-electron chi connectivity index (χ3n) is 6.62. The molecule has 0 aliphatic heterocycles. The molecule has 0 fully saturated rings. The second-order valence-electron chi connectivity index (χ2n) is 9.89. The average Bonchev–Trinajstić information content (AvgIpc) is 3.39. The van der Waals surface area contributed by atoms with Crippen LogP contribution in [-0.4, -0.2) is 47.7 Å². The SMILES string of the molecule is CCCN(C)CCNc1ccc(C(=O)Nc2n[nH]c3ccc(OCc4cccc(Oc5ccccc5)c4)cc23)cc1. The number of aromatic nitrogens is 2. The molecule has 210 valence electrons. The molecule has 0 radical (unpaired) electrons.